The number of amides is 1. The second kappa shape index (κ2) is 11.2. The van der Waals surface area contributed by atoms with Crippen LogP contribution in [-0.4, -0.2) is 26.2 Å². The molecule has 0 radical (unpaired) electrons. The van der Waals surface area contributed by atoms with E-state index in [0.717, 1.165) is 19.4 Å². The van der Waals surface area contributed by atoms with Crippen LogP contribution in [0.4, 0.5) is 0 Å². The van der Waals surface area contributed by atoms with Crippen molar-refractivity contribution in [1.29, 1.82) is 0 Å². The van der Waals surface area contributed by atoms with Crippen molar-refractivity contribution in [2.45, 2.75) is 25.8 Å². The molecule has 18 heavy (non-hydrogen) atoms. The van der Waals surface area contributed by atoms with Crippen molar-refractivity contribution in [2.24, 2.45) is 0 Å². The first-order chi connectivity index (χ1) is 8.33. The van der Waals surface area contributed by atoms with E-state index in [4.69, 9.17) is 4.74 Å². The van der Waals surface area contributed by atoms with Gasteiger partial charge in [0.2, 0.25) is 5.91 Å². The Kier molecular flexibility index (Phi) is 10.6. The quantitative estimate of drug-likeness (QED) is 0.441. The van der Waals surface area contributed by atoms with Crippen molar-refractivity contribution in [1.82, 2.24) is 5.32 Å². The van der Waals surface area contributed by atoms with Crippen LogP contribution in [0.3, 0.4) is 0 Å². The minimum absolute atomic E-state index is 0. The fourth-order valence-electron chi connectivity index (χ4n) is 1.54. The Bertz CT molecular complexity index is 320. The maximum atomic E-state index is 11.4. The number of nitrogens with one attached hydrogen (secondary N) is 1. The molecule has 0 saturated carbocycles. The highest BCUT2D eigenvalue weighted by Gasteiger charge is 2.02. The summed E-state index contributed by atoms with van der Waals surface area (Å²) >= 11 is 0. The van der Waals surface area contributed by atoms with E-state index in [1.807, 2.05) is 30.6 Å². The number of halogens is 1. The molecule has 1 aromatic rings. The monoisotopic (exact) mass is 316 g/mol. The number of ether oxygens (including phenoxy) is 1. The van der Waals surface area contributed by atoms with Crippen molar-refractivity contribution in [3.8, 4) is 0 Å². The van der Waals surface area contributed by atoms with Crippen LogP contribution in [0.1, 0.15) is 19.3 Å². The summed E-state index contributed by atoms with van der Waals surface area (Å²) in [6.07, 6.45) is 6.61. The first-order valence-corrected chi connectivity index (χ1v) is 6.02. The van der Waals surface area contributed by atoms with Gasteiger partial charge in [-0.05, 0) is 6.42 Å². The largest absolute Gasteiger partial charge is 1.00 e. The van der Waals surface area contributed by atoms with Crippen molar-refractivity contribution in [3.05, 3.63) is 30.6 Å². The van der Waals surface area contributed by atoms with Gasteiger partial charge in [0, 0.05) is 38.6 Å². The number of methoxy groups -OCH3 is 1. The van der Waals surface area contributed by atoms with Crippen LogP contribution in [0.25, 0.3) is 0 Å². The minimum Gasteiger partial charge on any atom is -1.00 e. The van der Waals surface area contributed by atoms with Gasteiger partial charge in [-0.25, -0.2) is 4.57 Å². The average Bonchev–Trinajstić information content (AvgIpc) is 2.36. The van der Waals surface area contributed by atoms with Crippen molar-refractivity contribution in [2.75, 3.05) is 20.3 Å². The Balaban J connectivity index is 0.00000289. The van der Waals surface area contributed by atoms with E-state index < -0.39 is 0 Å². The molecular formula is C13H21BrN2O2. The molecule has 0 unspecified atom stereocenters. The van der Waals surface area contributed by atoms with E-state index in [1.54, 1.807) is 7.11 Å². The van der Waals surface area contributed by atoms with Crippen molar-refractivity contribution < 1.29 is 31.1 Å². The number of pyridine rings is 1. The van der Waals surface area contributed by atoms with Gasteiger partial charge in [0.25, 0.3) is 0 Å². The molecule has 0 bridgehead atoms. The number of hydrogen-bond acceptors (Lipinski definition) is 2. The summed E-state index contributed by atoms with van der Waals surface area (Å²) < 4.78 is 6.99. The van der Waals surface area contributed by atoms with Crippen LogP contribution in [0.15, 0.2) is 30.6 Å². The SMILES string of the molecule is COCCNC(=O)CCCC[n+]1ccccc1.[Br-]. The van der Waals surface area contributed by atoms with E-state index in [9.17, 15) is 4.79 Å². The normalized spacial score (nSPS) is 9.61. The number of unbranched alkanes of at least 4 members (excludes halogenated alkanes) is 1. The Labute approximate surface area is 119 Å². The fraction of sp³-hybridized carbons (Fsp3) is 0.538. The molecule has 1 N–H and O–H groups in total. The predicted molar refractivity (Wildman–Crippen MR) is 65.4 cm³/mol. The van der Waals surface area contributed by atoms with Gasteiger partial charge in [0.1, 0.15) is 6.54 Å². The summed E-state index contributed by atoms with van der Waals surface area (Å²) in [5.74, 6) is 0.111. The Hall–Kier alpha value is -0.940. The summed E-state index contributed by atoms with van der Waals surface area (Å²) in [6.45, 7) is 2.14. The average molecular weight is 317 g/mol. The first kappa shape index (κ1) is 17.1. The van der Waals surface area contributed by atoms with Crippen molar-refractivity contribution >= 4 is 5.91 Å². The molecule has 102 valence electrons. The van der Waals surface area contributed by atoms with Gasteiger partial charge in [0.05, 0.1) is 6.61 Å². The molecule has 0 spiro atoms. The Morgan fingerprint density at radius 1 is 1.22 bits per heavy atom. The van der Waals surface area contributed by atoms with E-state index in [0.29, 0.717) is 19.6 Å². The third-order valence-corrected chi connectivity index (χ3v) is 2.48. The number of aromatic nitrogens is 1. The highest BCUT2D eigenvalue weighted by molar-refractivity contribution is 5.75. The van der Waals surface area contributed by atoms with E-state index in [1.165, 1.54) is 0 Å². The second-order valence-corrected chi connectivity index (χ2v) is 3.91. The molecular weight excluding hydrogens is 296 g/mol. The molecule has 1 heterocycles. The topological polar surface area (TPSA) is 42.2 Å². The number of aryl methyl sites for hydroxylation is 1. The summed E-state index contributed by atoms with van der Waals surface area (Å²) in [7, 11) is 1.63. The third-order valence-electron chi connectivity index (χ3n) is 2.48. The van der Waals surface area contributed by atoms with Crippen LogP contribution < -0.4 is 26.9 Å². The zero-order valence-corrected chi connectivity index (χ0v) is 12.4. The van der Waals surface area contributed by atoms with E-state index in [-0.39, 0.29) is 22.9 Å². The highest BCUT2D eigenvalue weighted by Crippen LogP contribution is 1.95. The second-order valence-electron chi connectivity index (χ2n) is 3.91. The molecule has 0 aliphatic heterocycles. The van der Waals surface area contributed by atoms with Gasteiger partial charge in [-0.3, -0.25) is 4.79 Å². The lowest BCUT2D eigenvalue weighted by molar-refractivity contribution is -0.697. The fourth-order valence-corrected chi connectivity index (χ4v) is 1.54. The summed E-state index contributed by atoms with van der Waals surface area (Å²) in [5, 5.41) is 2.81. The Morgan fingerprint density at radius 3 is 2.61 bits per heavy atom. The van der Waals surface area contributed by atoms with Crippen molar-refractivity contribution in [3.63, 3.8) is 0 Å². The first-order valence-electron chi connectivity index (χ1n) is 6.02. The molecule has 0 aromatic carbocycles. The van der Waals surface area contributed by atoms with Crippen LogP contribution in [0.2, 0.25) is 0 Å². The highest BCUT2D eigenvalue weighted by atomic mass is 79.9. The van der Waals surface area contributed by atoms with Gasteiger partial charge >= 0.3 is 0 Å². The lowest BCUT2D eigenvalue weighted by atomic mass is 10.2. The lowest BCUT2D eigenvalue weighted by Gasteiger charge is -2.03. The van der Waals surface area contributed by atoms with Gasteiger partial charge in [-0.15, -0.1) is 0 Å². The Morgan fingerprint density at radius 2 is 1.94 bits per heavy atom. The standard InChI is InChI=1S/C13H20N2O2.BrH/c1-17-12-8-14-13(16)7-3-6-11-15-9-4-2-5-10-15;/h2,4-5,9-10H,3,6-8,11-12H2,1H3;1H. The molecule has 0 atom stereocenters. The number of carbonyl (C=O) groups excluding carboxylic acids is 1. The predicted octanol–water partition coefficient (Wildman–Crippen LogP) is -2.09. The third kappa shape index (κ3) is 8.20. The number of hydrogen-bond donors (Lipinski definition) is 1. The summed E-state index contributed by atoms with van der Waals surface area (Å²) in [4.78, 5) is 11.4. The minimum atomic E-state index is 0. The zero-order chi connectivity index (χ0) is 12.3. The van der Waals surface area contributed by atoms with Crippen LogP contribution in [0.5, 0.6) is 0 Å². The molecule has 1 aromatic heterocycles. The van der Waals surface area contributed by atoms with E-state index in [2.05, 4.69) is 9.88 Å². The molecule has 5 heteroatoms. The van der Waals surface area contributed by atoms with Gasteiger partial charge in [-0.1, -0.05) is 6.07 Å². The smallest absolute Gasteiger partial charge is 0.220 e. The molecule has 0 fully saturated rings. The van der Waals surface area contributed by atoms with Gasteiger partial charge < -0.3 is 27.0 Å². The van der Waals surface area contributed by atoms with Crippen LogP contribution in [0, 0.1) is 0 Å². The maximum Gasteiger partial charge on any atom is 0.220 e. The molecule has 1 rings (SSSR count). The summed E-state index contributed by atoms with van der Waals surface area (Å²) in [6, 6.07) is 6.02. The molecule has 0 saturated heterocycles. The number of nitrogens with zero attached hydrogens (tertiary/aromatic N) is 1. The van der Waals surface area contributed by atoms with Gasteiger partial charge in [0.15, 0.2) is 12.4 Å². The van der Waals surface area contributed by atoms with Crippen LogP contribution >= 0.6 is 0 Å². The zero-order valence-electron chi connectivity index (χ0n) is 10.8. The molecule has 1 amide bonds. The lowest BCUT2D eigenvalue weighted by Crippen LogP contribution is -3.00. The van der Waals surface area contributed by atoms with E-state index >= 15 is 0 Å². The van der Waals surface area contributed by atoms with Gasteiger partial charge in [-0.2, -0.15) is 0 Å². The number of carbonyl (C=O) groups is 1. The maximum absolute atomic E-state index is 11.4. The summed E-state index contributed by atoms with van der Waals surface area (Å²) in [5.41, 5.74) is 0. The molecule has 4 nitrogen and oxygen atoms in total. The number of rotatable bonds is 8. The molecule has 0 aliphatic rings. The molecule has 0 aliphatic carbocycles. The van der Waals surface area contributed by atoms with Crippen LogP contribution in [-0.2, 0) is 16.1 Å².